The summed E-state index contributed by atoms with van der Waals surface area (Å²) in [6, 6.07) is 3.38. The van der Waals surface area contributed by atoms with Gasteiger partial charge in [0.05, 0.1) is 10.7 Å². The predicted octanol–water partition coefficient (Wildman–Crippen LogP) is 6.14. The summed E-state index contributed by atoms with van der Waals surface area (Å²) in [6.07, 6.45) is -2.05. The van der Waals surface area contributed by atoms with Crippen LogP contribution in [0, 0.1) is 13.8 Å². The van der Waals surface area contributed by atoms with Crippen molar-refractivity contribution in [3.8, 4) is 22.2 Å². The molecule has 0 unspecified atom stereocenters. The molecule has 0 atom stereocenters. The summed E-state index contributed by atoms with van der Waals surface area (Å²) in [6.45, 7) is 7.79. The van der Waals surface area contributed by atoms with E-state index in [1.807, 2.05) is 20.8 Å². The molecule has 0 aliphatic rings. The zero-order valence-corrected chi connectivity index (χ0v) is 16.8. The fourth-order valence-electron chi connectivity index (χ4n) is 2.80. The van der Waals surface area contributed by atoms with Gasteiger partial charge < -0.3 is 9.26 Å². The number of hydrogen-bond donors (Lipinski definition) is 0. The van der Waals surface area contributed by atoms with Crippen LogP contribution < -0.4 is 4.74 Å². The molecule has 0 saturated heterocycles. The SMILES string of the molecule is CCCc1nc(CC)sc1Oc1c(C)cc(-c2noc(C(F)(F)F)n2)cc1C. The Kier molecular flexibility index (Phi) is 5.74. The Hall–Kier alpha value is -2.42. The van der Waals surface area contributed by atoms with Crippen molar-refractivity contribution in [3.05, 3.63) is 39.9 Å². The van der Waals surface area contributed by atoms with E-state index in [9.17, 15) is 13.2 Å². The molecule has 0 bridgehead atoms. The van der Waals surface area contributed by atoms with Gasteiger partial charge in [-0.1, -0.05) is 36.8 Å². The lowest BCUT2D eigenvalue weighted by Crippen LogP contribution is -2.04. The first-order valence-electron chi connectivity index (χ1n) is 8.91. The molecule has 0 spiro atoms. The maximum Gasteiger partial charge on any atom is 0.471 e. The maximum atomic E-state index is 12.7. The number of halogens is 3. The molecule has 0 fully saturated rings. The number of aryl methyl sites for hydroxylation is 4. The molecule has 28 heavy (non-hydrogen) atoms. The van der Waals surface area contributed by atoms with E-state index in [2.05, 4.69) is 26.6 Å². The van der Waals surface area contributed by atoms with Crippen molar-refractivity contribution >= 4 is 11.3 Å². The van der Waals surface area contributed by atoms with Gasteiger partial charge in [-0.15, -0.1) is 0 Å². The standard InChI is InChI=1S/C19H20F3N3O2S/c1-5-7-13-17(28-14(6-2)23-13)26-15-10(3)8-12(9-11(15)4)16-24-18(27-25-16)19(20,21)22/h8-9H,5-7H2,1-4H3. The van der Waals surface area contributed by atoms with E-state index in [4.69, 9.17) is 4.74 Å². The molecule has 150 valence electrons. The van der Waals surface area contributed by atoms with Crippen LogP contribution in [-0.4, -0.2) is 15.1 Å². The van der Waals surface area contributed by atoms with E-state index in [1.54, 1.807) is 12.1 Å². The molecule has 9 heteroatoms. The minimum Gasteiger partial charge on any atom is -0.444 e. The second kappa shape index (κ2) is 7.90. The number of thiazole rings is 1. The molecule has 0 amide bonds. The highest BCUT2D eigenvalue weighted by molar-refractivity contribution is 7.13. The van der Waals surface area contributed by atoms with Gasteiger partial charge in [-0.25, -0.2) is 4.98 Å². The van der Waals surface area contributed by atoms with E-state index in [1.165, 1.54) is 11.3 Å². The molecule has 5 nitrogen and oxygen atoms in total. The highest BCUT2D eigenvalue weighted by Crippen LogP contribution is 2.38. The van der Waals surface area contributed by atoms with Gasteiger partial charge in [-0.3, -0.25) is 0 Å². The topological polar surface area (TPSA) is 61.0 Å². The zero-order valence-electron chi connectivity index (χ0n) is 16.0. The van der Waals surface area contributed by atoms with Crippen molar-refractivity contribution in [1.82, 2.24) is 15.1 Å². The van der Waals surface area contributed by atoms with E-state index >= 15 is 0 Å². The smallest absolute Gasteiger partial charge is 0.444 e. The first-order valence-corrected chi connectivity index (χ1v) is 9.73. The molecule has 2 heterocycles. The van der Waals surface area contributed by atoms with Crippen LogP contribution in [0.5, 0.6) is 10.8 Å². The Morgan fingerprint density at radius 1 is 1.11 bits per heavy atom. The highest BCUT2D eigenvalue weighted by Gasteiger charge is 2.38. The third kappa shape index (κ3) is 4.19. The normalized spacial score (nSPS) is 11.8. The molecule has 0 aliphatic carbocycles. The summed E-state index contributed by atoms with van der Waals surface area (Å²) in [5, 5.41) is 5.22. The fraction of sp³-hybridized carbons (Fsp3) is 0.421. The molecule has 0 radical (unpaired) electrons. The Balaban J connectivity index is 1.93. The Morgan fingerprint density at radius 2 is 1.79 bits per heavy atom. The highest BCUT2D eigenvalue weighted by atomic mass is 32.1. The predicted molar refractivity (Wildman–Crippen MR) is 99.8 cm³/mol. The molecule has 1 aromatic carbocycles. The number of rotatable bonds is 6. The quantitative estimate of drug-likeness (QED) is 0.488. The summed E-state index contributed by atoms with van der Waals surface area (Å²) in [4.78, 5) is 8.07. The largest absolute Gasteiger partial charge is 0.471 e. The van der Waals surface area contributed by atoms with Crippen molar-refractivity contribution in [1.29, 1.82) is 0 Å². The third-order valence-electron chi connectivity index (χ3n) is 4.08. The zero-order chi connectivity index (χ0) is 20.5. The Morgan fingerprint density at radius 3 is 2.32 bits per heavy atom. The van der Waals surface area contributed by atoms with Crippen molar-refractivity contribution in [2.45, 2.75) is 53.1 Å². The minimum atomic E-state index is -4.67. The fourth-order valence-corrected chi connectivity index (χ4v) is 3.70. The molecule has 0 aliphatic heterocycles. The molecule has 3 aromatic rings. The lowest BCUT2D eigenvalue weighted by molar-refractivity contribution is -0.159. The summed E-state index contributed by atoms with van der Waals surface area (Å²) in [5.41, 5.74) is 2.90. The van der Waals surface area contributed by atoms with Crippen LogP contribution in [-0.2, 0) is 19.0 Å². The van der Waals surface area contributed by atoms with Crippen molar-refractivity contribution in [3.63, 3.8) is 0 Å². The number of nitrogens with zero attached hydrogens (tertiary/aromatic N) is 3. The van der Waals surface area contributed by atoms with Gasteiger partial charge in [0.15, 0.2) is 0 Å². The van der Waals surface area contributed by atoms with E-state index < -0.39 is 12.1 Å². The van der Waals surface area contributed by atoms with Crippen LogP contribution >= 0.6 is 11.3 Å². The van der Waals surface area contributed by atoms with Crippen LogP contribution in [0.4, 0.5) is 13.2 Å². The van der Waals surface area contributed by atoms with Gasteiger partial charge in [0.25, 0.3) is 0 Å². The molecule has 0 N–H and O–H groups in total. The Labute approximate surface area is 164 Å². The maximum absolute atomic E-state index is 12.7. The van der Waals surface area contributed by atoms with Gasteiger partial charge in [0.2, 0.25) is 10.9 Å². The molecule has 2 aromatic heterocycles. The summed E-state index contributed by atoms with van der Waals surface area (Å²) in [5.74, 6) is -0.811. The van der Waals surface area contributed by atoms with Crippen LogP contribution in [0.3, 0.4) is 0 Å². The summed E-state index contributed by atoms with van der Waals surface area (Å²) >= 11 is 1.52. The van der Waals surface area contributed by atoms with Gasteiger partial charge in [-0.05, 0) is 49.9 Å². The first-order chi connectivity index (χ1) is 13.2. The summed E-state index contributed by atoms with van der Waals surface area (Å²) < 4.78 is 48.6. The molecule has 0 saturated carbocycles. The Bertz CT molecular complexity index is 956. The van der Waals surface area contributed by atoms with Gasteiger partial charge in [-0.2, -0.15) is 18.2 Å². The van der Waals surface area contributed by atoms with Gasteiger partial charge in [0, 0.05) is 5.56 Å². The number of aromatic nitrogens is 3. The average molecular weight is 411 g/mol. The molecular formula is C19H20F3N3O2S. The van der Waals surface area contributed by atoms with Crippen LogP contribution in [0.1, 0.15) is 48.0 Å². The average Bonchev–Trinajstić information content (AvgIpc) is 3.25. The third-order valence-corrected chi connectivity index (χ3v) is 5.20. The summed E-state index contributed by atoms with van der Waals surface area (Å²) in [7, 11) is 0. The second-order valence-electron chi connectivity index (χ2n) is 6.41. The van der Waals surface area contributed by atoms with Crippen molar-refractivity contribution < 1.29 is 22.4 Å². The number of benzene rings is 1. The van der Waals surface area contributed by atoms with Gasteiger partial charge in [0.1, 0.15) is 5.75 Å². The number of alkyl halides is 3. The number of ether oxygens (including phenoxy) is 1. The van der Waals surface area contributed by atoms with Crippen LogP contribution in [0.25, 0.3) is 11.4 Å². The monoisotopic (exact) mass is 411 g/mol. The van der Waals surface area contributed by atoms with E-state index in [0.29, 0.717) is 11.3 Å². The van der Waals surface area contributed by atoms with Crippen molar-refractivity contribution in [2.75, 3.05) is 0 Å². The second-order valence-corrected chi connectivity index (χ2v) is 7.45. The molecule has 3 rings (SSSR count). The van der Waals surface area contributed by atoms with E-state index in [-0.39, 0.29) is 5.82 Å². The van der Waals surface area contributed by atoms with Crippen LogP contribution in [0.2, 0.25) is 0 Å². The van der Waals surface area contributed by atoms with Crippen molar-refractivity contribution in [2.24, 2.45) is 0 Å². The lowest BCUT2D eigenvalue weighted by atomic mass is 10.1. The van der Waals surface area contributed by atoms with Crippen LogP contribution in [0.15, 0.2) is 16.7 Å². The number of hydrogen-bond acceptors (Lipinski definition) is 6. The first kappa shape index (κ1) is 20.3. The molecular weight excluding hydrogens is 391 g/mol. The lowest BCUT2D eigenvalue weighted by Gasteiger charge is -2.12. The van der Waals surface area contributed by atoms with Gasteiger partial charge >= 0.3 is 12.1 Å². The van der Waals surface area contributed by atoms with E-state index in [0.717, 1.165) is 46.2 Å². The minimum absolute atomic E-state index is 0.109.